The molecule has 2 aliphatic carbocycles. The summed E-state index contributed by atoms with van der Waals surface area (Å²) >= 11 is 6.23. The normalized spacial score (nSPS) is 28.9. The highest BCUT2D eigenvalue weighted by molar-refractivity contribution is 7.92. The summed E-state index contributed by atoms with van der Waals surface area (Å²) in [5, 5.41) is 12.7. The molecule has 9 heteroatoms. The lowest BCUT2D eigenvalue weighted by Crippen LogP contribution is -2.45. The molecule has 0 spiro atoms. The fourth-order valence-corrected chi connectivity index (χ4v) is 7.01. The first kappa shape index (κ1) is 20.3. The highest BCUT2D eigenvalue weighted by Gasteiger charge is 2.53. The van der Waals surface area contributed by atoms with E-state index < -0.39 is 26.6 Å². The van der Waals surface area contributed by atoms with Gasteiger partial charge in [0.25, 0.3) is 5.91 Å². The van der Waals surface area contributed by atoms with Crippen molar-refractivity contribution in [1.82, 2.24) is 9.97 Å². The molecule has 2 bridgehead atoms. The van der Waals surface area contributed by atoms with Crippen molar-refractivity contribution in [2.75, 3.05) is 5.32 Å². The van der Waals surface area contributed by atoms with Gasteiger partial charge in [-0.15, -0.1) is 0 Å². The summed E-state index contributed by atoms with van der Waals surface area (Å²) in [5.41, 5.74) is -0.632. The molecule has 2 N–H and O–H groups in total. The molecule has 2 unspecified atom stereocenters. The van der Waals surface area contributed by atoms with Crippen LogP contribution < -0.4 is 5.32 Å². The number of rotatable bonds is 4. The standard InChI is InChI=1S/C20H22ClN3O4S/c1-20(26)13-3-4-14(20)10-15(9-13)29(27,28)17-8-12(2-5-16(17)21)19(25)24-18-6-7-22-11-23-18/h2,5-8,11,13-15,26H,3-4,9-10H2,1H3,(H,22,23,24,25)/t13?,14?,15-,20-. The number of fused-ring (bicyclic) bond motifs is 2. The maximum Gasteiger partial charge on any atom is 0.256 e. The van der Waals surface area contributed by atoms with Crippen LogP contribution in [-0.2, 0) is 9.84 Å². The second-order valence-electron chi connectivity index (χ2n) is 8.03. The molecule has 1 amide bonds. The van der Waals surface area contributed by atoms with Crippen LogP contribution in [0.1, 0.15) is 43.0 Å². The van der Waals surface area contributed by atoms with Crippen molar-refractivity contribution in [3.8, 4) is 0 Å². The largest absolute Gasteiger partial charge is 0.390 e. The van der Waals surface area contributed by atoms with E-state index in [0.29, 0.717) is 18.7 Å². The van der Waals surface area contributed by atoms with Gasteiger partial charge in [0, 0.05) is 11.8 Å². The number of hydrogen-bond donors (Lipinski definition) is 2. The van der Waals surface area contributed by atoms with Crippen molar-refractivity contribution < 1.29 is 18.3 Å². The topological polar surface area (TPSA) is 109 Å². The Labute approximate surface area is 174 Å². The third-order valence-electron chi connectivity index (χ3n) is 6.37. The van der Waals surface area contributed by atoms with Gasteiger partial charge in [-0.1, -0.05) is 11.6 Å². The van der Waals surface area contributed by atoms with Gasteiger partial charge < -0.3 is 10.4 Å². The monoisotopic (exact) mass is 435 g/mol. The second kappa shape index (κ2) is 7.34. The average molecular weight is 436 g/mol. The Kier molecular flexibility index (Phi) is 5.13. The third-order valence-corrected chi connectivity index (χ3v) is 9.03. The van der Waals surface area contributed by atoms with Gasteiger partial charge in [0.05, 0.1) is 20.8 Å². The molecular formula is C20H22ClN3O4S. The number of nitrogens with one attached hydrogen (secondary N) is 1. The lowest BCUT2D eigenvalue weighted by Gasteiger charge is -2.40. The minimum Gasteiger partial charge on any atom is -0.390 e. The van der Waals surface area contributed by atoms with E-state index in [4.69, 9.17) is 11.6 Å². The quantitative estimate of drug-likeness (QED) is 0.763. The van der Waals surface area contributed by atoms with E-state index in [1.165, 1.54) is 36.8 Å². The lowest BCUT2D eigenvalue weighted by molar-refractivity contribution is -0.0413. The molecule has 7 nitrogen and oxygen atoms in total. The van der Waals surface area contributed by atoms with Crippen LogP contribution in [0.3, 0.4) is 0 Å². The third kappa shape index (κ3) is 3.65. The van der Waals surface area contributed by atoms with Crippen LogP contribution in [0.15, 0.2) is 41.7 Å². The van der Waals surface area contributed by atoms with E-state index >= 15 is 0 Å². The van der Waals surface area contributed by atoms with Gasteiger partial charge in [-0.2, -0.15) is 0 Å². The minimum atomic E-state index is -3.75. The summed E-state index contributed by atoms with van der Waals surface area (Å²) in [6.07, 6.45) is 5.27. The molecule has 2 aliphatic rings. The molecule has 2 aromatic rings. The summed E-state index contributed by atoms with van der Waals surface area (Å²) in [6.45, 7) is 1.81. The van der Waals surface area contributed by atoms with Crippen molar-refractivity contribution in [1.29, 1.82) is 0 Å². The summed E-state index contributed by atoms with van der Waals surface area (Å²) in [7, 11) is -3.75. The zero-order valence-corrected chi connectivity index (χ0v) is 17.4. The summed E-state index contributed by atoms with van der Waals surface area (Å²) < 4.78 is 26.7. The molecule has 2 fully saturated rings. The first-order valence-corrected chi connectivity index (χ1v) is 11.4. The molecule has 1 heterocycles. The number of halogens is 1. The molecule has 2 atom stereocenters. The number of carbonyl (C=O) groups is 1. The number of sulfone groups is 1. The number of carbonyl (C=O) groups excluding carboxylic acids is 1. The molecule has 1 aromatic heterocycles. The number of nitrogens with zero attached hydrogens (tertiary/aromatic N) is 2. The molecule has 154 valence electrons. The molecule has 0 radical (unpaired) electrons. The van der Waals surface area contributed by atoms with Gasteiger partial charge in [0.15, 0.2) is 9.84 Å². The maximum absolute atomic E-state index is 13.4. The predicted molar refractivity (Wildman–Crippen MR) is 108 cm³/mol. The van der Waals surface area contributed by atoms with Crippen molar-refractivity contribution in [3.05, 3.63) is 47.4 Å². The number of aliphatic hydroxyl groups is 1. The van der Waals surface area contributed by atoms with E-state index in [1.807, 2.05) is 6.92 Å². The van der Waals surface area contributed by atoms with Crippen LogP contribution in [-0.4, -0.2) is 40.3 Å². The Morgan fingerprint density at radius 2 is 1.93 bits per heavy atom. The molecule has 0 aliphatic heterocycles. The first-order valence-electron chi connectivity index (χ1n) is 9.52. The lowest BCUT2D eigenvalue weighted by atomic mass is 9.76. The Morgan fingerprint density at radius 1 is 1.24 bits per heavy atom. The fraction of sp³-hybridized carbons (Fsp3) is 0.450. The van der Waals surface area contributed by atoms with Gasteiger partial charge in [0.2, 0.25) is 0 Å². The highest BCUT2D eigenvalue weighted by Crippen LogP contribution is 2.51. The SMILES string of the molecule is C[C@]1(O)C2CCC1C[C@@H](S(=O)(=O)c1cc(C(=O)Nc3ccncn3)ccc1Cl)C2. The molecular weight excluding hydrogens is 414 g/mol. The summed E-state index contributed by atoms with van der Waals surface area (Å²) in [4.78, 5) is 20.2. The van der Waals surface area contributed by atoms with Crippen LogP contribution >= 0.6 is 11.6 Å². The van der Waals surface area contributed by atoms with Crippen molar-refractivity contribution in [3.63, 3.8) is 0 Å². The Balaban J connectivity index is 1.61. The second-order valence-corrected chi connectivity index (χ2v) is 10.6. The van der Waals surface area contributed by atoms with Gasteiger partial charge in [-0.3, -0.25) is 4.79 Å². The molecule has 29 heavy (non-hydrogen) atoms. The van der Waals surface area contributed by atoms with Crippen LogP contribution in [0.5, 0.6) is 0 Å². The molecule has 0 saturated heterocycles. The average Bonchev–Trinajstić information content (AvgIpc) is 2.86. The molecule has 2 saturated carbocycles. The van der Waals surface area contributed by atoms with Crippen LogP contribution in [0.4, 0.5) is 5.82 Å². The van der Waals surface area contributed by atoms with Gasteiger partial charge in [-0.05, 0) is 68.7 Å². The summed E-state index contributed by atoms with van der Waals surface area (Å²) in [6, 6.07) is 5.77. The van der Waals surface area contributed by atoms with Crippen LogP contribution in [0.25, 0.3) is 0 Å². The smallest absolute Gasteiger partial charge is 0.256 e. The number of benzene rings is 1. The van der Waals surface area contributed by atoms with E-state index in [9.17, 15) is 18.3 Å². The van der Waals surface area contributed by atoms with Crippen LogP contribution in [0, 0.1) is 11.8 Å². The van der Waals surface area contributed by atoms with Crippen LogP contribution in [0.2, 0.25) is 5.02 Å². The molecule has 1 aromatic carbocycles. The highest BCUT2D eigenvalue weighted by atomic mass is 35.5. The summed E-state index contributed by atoms with van der Waals surface area (Å²) in [5.74, 6) is -0.244. The predicted octanol–water partition coefficient (Wildman–Crippen LogP) is 3.10. The van der Waals surface area contributed by atoms with Gasteiger partial charge >= 0.3 is 0 Å². The maximum atomic E-state index is 13.4. The first-order chi connectivity index (χ1) is 13.7. The van der Waals surface area contributed by atoms with Crippen molar-refractivity contribution >= 4 is 33.2 Å². The van der Waals surface area contributed by atoms with E-state index in [0.717, 1.165) is 12.8 Å². The van der Waals surface area contributed by atoms with Crippen molar-refractivity contribution in [2.24, 2.45) is 11.8 Å². The number of aromatic nitrogens is 2. The van der Waals surface area contributed by atoms with E-state index in [2.05, 4.69) is 15.3 Å². The van der Waals surface area contributed by atoms with Crippen molar-refractivity contribution in [2.45, 2.75) is 48.4 Å². The van der Waals surface area contributed by atoms with Gasteiger partial charge in [0.1, 0.15) is 12.1 Å². The minimum absolute atomic E-state index is 0.0379. The van der Waals surface area contributed by atoms with E-state index in [-0.39, 0.29) is 27.3 Å². The number of hydrogen-bond acceptors (Lipinski definition) is 6. The Bertz CT molecular complexity index is 1030. The number of anilines is 1. The zero-order chi connectivity index (χ0) is 20.8. The zero-order valence-electron chi connectivity index (χ0n) is 15.9. The number of amides is 1. The van der Waals surface area contributed by atoms with Gasteiger partial charge in [-0.25, -0.2) is 18.4 Å². The Hall–Kier alpha value is -2.03. The fourth-order valence-electron chi connectivity index (χ4n) is 4.61. The molecule has 4 rings (SSSR count). The Morgan fingerprint density at radius 3 is 2.55 bits per heavy atom. The van der Waals surface area contributed by atoms with E-state index in [1.54, 1.807) is 0 Å².